The third kappa shape index (κ3) is 3.69. The van der Waals surface area contributed by atoms with Gasteiger partial charge in [-0.3, -0.25) is 4.79 Å². The van der Waals surface area contributed by atoms with Crippen LogP contribution in [0.4, 0.5) is 17.1 Å². The van der Waals surface area contributed by atoms with Crippen LogP contribution < -0.4 is 20.1 Å². The molecule has 0 aromatic heterocycles. The fourth-order valence-electron chi connectivity index (χ4n) is 2.93. The molecule has 2 aromatic carbocycles. The number of anilines is 3. The summed E-state index contributed by atoms with van der Waals surface area (Å²) in [6.45, 7) is 1.81. The number of ether oxygens (including phenoxy) is 3. The van der Waals surface area contributed by atoms with Crippen LogP contribution >= 0.6 is 0 Å². The van der Waals surface area contributed by atoms with Gasteiger partial charge in [0.2, 0.25) is 0 Å². The number of hydrogen-bond donors (Lipinski definition) is 2. The van der Waals surface area contributed by atoms with Crippen molar-refractivity contribution >= 4 is 23.0 Å². The molecule has 1 saturated heterocycles. The predicted molar refractivity (Wildman–Crippen MR) is 94.8 cm³/mol. The first-order valence-corrected chi connectivity index (χ1v) is 8.47. The van der Waals surface area contributed by atoms with Crippen molar-refractivity contribution < 1.29 is 19.0 Å². The normalized spacial score (nSPS) is 18.6. The van der Waals surface area contributed by atoms with Crippen molar-refractivity contribution in [2.45, 2.75) is 18.9 Å². The summed E-state index contributed by atoms with van der Waals surface area (Å²) in [5.41, 5.74) is 2.60. The average Bonchev–Trinajstić information content (AvgIpc) is 3.18. The van der Waals surface area contributed by atoms with Gasteiger partial charge in [0.25, 0.3) is 5.91 Å². The van der Waals surface area contributed by atoms with Gasteiger partial charge in [0.15, 0.2) is 11.5 Å². The zero-order valence-corrected chi connectivity index (χ0v) is 13.8. The third-order valence-electron chi connectivity index (χ3n) is 4.21. The number of carbonyl (C=O) groups excluding carboxylic acids is 1. The topological polar surface area (TPSA) is 68.8 Å². The molecule has 1 unspecified atom stereocenters. The summed E-state index contributed by atoms with van der Waals surface area (Å²) in [4.78, 5) is 12.0. The average molecular weight is 340 g/mol. The molecule has 0 saturated carbocycles. The summed E-state index contributed by atoms with van der Waals surface area (Å²) in [6, 6.07) is 13.3. The summed E-state index contributed by atoms with van der Waals surface area (Å²) in [5.74, 6) is 1.44. The van der Waals surface area contributed by atoms with Gasteiger partial charge < -0.3 is 24.8 Å². The molecule has 6 heteroatoms. The van der Waals surface area contributed by atoms with Crippen LogP contribution in [0.25, 0.3) is 0 Å². The van der Waals surface area contributed by atoms with Crippen LogP contribution in [0.2, 0.25) is 0 Å². The minimum Gasteiger partial charge on any atom is -0.486 e. The Kier molecular flexibility index (Phi) is 4.43. The molecule has 2 aliphatic heterocycles. The molecule has 2 aromatic rings. The van der Waals surface area contributed by atoms with Gasteiger partial charge in [-0.1, -0.05) is 0 Å². The van der Waals surface area contributed by atoms with Crippen molar-refractivity contribution in [2.24, 2.45) is 0 Å². The maximum absolute atomic E-state index is 12.0. The zero-order chi connectivity index (χ0) is 17.1. The second kappa shape index (κ2) is 7.03. The van der Waals surface area contributed by atoms with Crippen molar-refractivity contribution in [1.29, 1.82) is 0 Å². The molecule has 6 nitrogen and oxygen atoms in total. The van der Waals surface area contributed by atoms with E-state index in [0.717, 1.165) is 41.4 Å². The van der Waals surface area contributed by atoms with E-state index in [-0.39, 0.29) is 12.0 Å². The summed E-state index contributed by atoms with van der Waals surface area (Å²) >= 11 is 0. The number of benzene rings is 2. The molecule has 2 aliphatic rings. The van der Waals surface area contributed by atoms with Crippen LogP contribution in [0.5, 0.6) is 11.5 Å². The minimum atomic E-state index is -0.324. The first-order valence-electron chi connectivity index (χ1n) is 8.47. The van der Waals surface area contributed by atoms with Gasteiger partial charge in [0.05, 0.1) is 0 Å². The molecule has 0 aliphatic carbocycles. The molecule has 25 heavy (non-hydrogen) atoms. The molecule has 1 atom stereocenters. The number of nitrogens with one attached hydrogen (secondary N) is 2. The van der Waals surface area contributed by atoms with Gasteiger partial charge in [-0.05, 0) is 49.2 Å². The number of rotatable bonds is 4. The lowest BCUT2D eigenvalue weighted by Crippen LogP contribution is -2.26. The van der Waals surface area contributed by atoms with Crippen LogP contribution in [0.3, 0.4) is 0 Å². The van der Waals surface area contributed by atoms with Crippen molar-refractivity contribution in [1.82, 2.24) is 0 Å². The van der Waals surface area contributed by atoms with Crippen LogP contribution in [0.1, 0.15) is 12.8 Å². The maximum Gasteiger partial charge on any atom is 0.253 e. The molecular weight excluding hydrogens is 320 g/mol. The summed E-state index contributed by atoms with van der Waals surface area (Å²) in [6.07, 6.45) is 1.40. The highest BCUT2D eigenvalue weighted by Crippen LogP contribution is 2.33. The van der Waals surface area contributed by atoms with Gasteiger partial charge in [0, 0.05) is 29.7 Å². The van der Waals surface area contributed by atoms with E-state index >= 15 is 0 Å². The third-order valence-corrected chi connectivity index (χ3v) is 4.21. The van der Waals surface area contributed by atoms with Gasteiger partial charge in [-0.15, -0.1) is 0 Å². The van der Waals surface area contributed by atoms with Gasteiger partial charge in [-0.2, -0.15) is 0 Å². The second-order valence-corrected chi connectivity index (χ2v) is 6.05. The van der Waals surface area contributed by atoms with E-state index in [4.69, 9.17) is 14.2 Å². The quantitative estimate of drug-likeness (QED) is 0.894. The lowest BCUT2D eigenvalue weighted by molar-refractivity contribution is -0.124. The molecule has 0 radical (unpaired) electrons. The van der Waals surface area contributed by atoms with Crippen molar-refractivity contribution in [3.63, 3.8) is 0 Å². The molecule has 0 bridgehead atoms. The molecule has 2 heterocycles. The van der Waals surface area contributed by atoms with E-state index in [2.05, 4.69) is 10.6 Å². The number of hydrogen-bond acceptors (Lipinski definition) is 5. The second-order valence-electron chi connectivity index (χ2n) is 6.05. The SMILES string of the molecule is O=C(Nc1ccc(Nc2ccc3c(c2)OCCO3)cc1)C1CCCO1. The molecule has 2 N–H and O–H groups in total. The number of carbonyl (C=O) groups is 1. The molecule has 1 fully saturated rings. The van der Waals surface area contributed by atoms with Crippen molar-refractivity contribution in [3.8, 4) is 11.5 Å². The highest BCUT2D eigenvalue weighted by Gasteiger charge is 2.23. The van der Waals surface area contributed by atoms with E-state index in [1.165, 1.54) is 0 Å². The Hall–Kier alpha value is -2.73. The van der Waals surface area contributed by atoms with Crippen molar-refractivity contribution in [3.05, 3.63) is 42.5 Å². The Morgan fingerprint density at radius 2 is 1.60 bits per heavy atom. The van der Waals surface area contributed by atoms with E-state index in [9.17, 15) is 4.79 Å². The minimum absolute atomic E-state index is 0.0787. The molecule has 1 amide bonds. The predicted octanol–water partition coefficient (Wildman–Crippen LogP) is 3.32. The van der Waals surface area contributed by atoms with Crippen LogP contribution in [-0.4, -0.2) is 31.8 Å². The Balaban J connectivity index is 1.39. The number of fused-ring (bicyclic) bond motifs is 1. The first kappa shape index (κ1) is 15.8. The van der Waals surface area contributed by atoms with Crippen LogP contribution in [0.15, 0.2) is 42.5 Å². The van der Waals surface area contributed by atoms with Gasteiger partial charge >= 0.3 is 0 Å². The lowest BCUT2D eigenvalue weighted by atomic mass is 10.2. The molecule has 130 valence electrons. The molecular formula is C19H20N2O4. The standard InChI is InChI=1S/C19H20N2O4/c22-19(17-2-1-9-23-17)21-14-5-3-13(4-6-14)20-15-7-8-16-18(12-15)25-11-10-24-16/h3-8,12,17,20H,1-2,9-11H2,(H,21,22). The monoisotopic (exact) mass is 340 g/mol. The summed E-state index contributed by atoms with van der Waals surface area (Å²) in [5, 5.41) is 6.20. The number of amides is 1. The maximum atomic E-state index is 12.0. The smallest absolute Gasteiger partial charge is 0.253 e. The van der Waals surface area contributed by atoms with E-state index in [1.54, 1.807) is 0 Å². The highest BCUT2D eigenvalue weighted by atomic mass is 16.6. The fraction of sp³-hybridized carbons (Fsp3) is 0.316. The summed E-state index contributed by atoms with van der Waals surface area (Å²) < 4.78 is 16.5. The van der Waals surface area contributed by atoms with E-state index in [1.807, 2.05) is 42.5 Å². The molecule has 4 rings (SSSR count). The summed E-state index contributed by atoms with van der Waals surface area (Å²) in [7, 11) is 0. The lowest BCUT2D eigenvalue weighted by Gasteiger charge is -2.19. The van der Waals surface area contributed by atoms with Gasteiger partial charge in [0.1, 0.15) is 19.3 Å². The van der Waals surface area contributed by atoms with Crippen LogP contribution in [-0.2, 0) is 9.53 Å². The molecule has 0 spiro atoms. The largest absolute Gasteiger partial charge is 0.486 e. The Labute approximate surface area is 146 Å². The van der Waals surface area contributed by atoms with Crippen LogP contribution in [0, 0.1) is 0 Å². The fourth-order valence-corrected chi connectivity index (χ4v) is 2.93. The Bertz CT molecular complexity index is 755. The van der Waals surface area contributed by atoms with Gasteiger partial charge in [-0.25, -0.2) is 0 Å². The van der Waals surface area contributed by atoms with E-state index in [0.29, 0.717) is 19.8 Å². The van der Waals surface area contributed by atoms with Crippen molar-refractivity contribution in [2.75, 3.05) is 30.5 Å². The first-order chi connectivity index (χ1) is 12.3. The highest BCUT2D eigenvalue weighted by molar-refractivity contribution is 5.94. The zero-order valence-electron chi connectivity index (χ0n) is 13.8. The Morgan fingerprint density at radius 3 is 2.36 bits per heavy atom. The van der Waals surface area contributed by atoms with E-state index < -0.39 is 0 Å². The Morgan fingerprint density at radius 1 is 0.880 bits per heavy atom.